The standard InChI is InChI=1S/C20H22ClN3O2/c1-4-17-19(24-12-15(21)7-10-18(24)23-17)20(25)22-11-14-5-8-16(9-6-14)26-13(2)3/h5-10,12-13H,4,11H2,1-3H3,(H,22,25). The lowest BCUT2D eigenvalue weighted by molar-refractivity contribution is 0.0944. The molecule has 3 rings (SSSR count). The summed E-state index contributed by atoms with van der Waals surface area (Å²) in [6, 6.07) is 11.3. The Morgan fingerprint density at radius 3 is 2.62 bits per heavy atom. The van der Waals surface area contributed by atoms with Crippen molar-refractivity contribution in [2.75, 3.05) is 0 Å². The van der Waals surface area contributed by atoms with Crippen molar-refractivity contribution < 1.29 is 9.53 Å². The van der Waals surface area contributed by atoms with Crippen molar-refractivity contribution in [3.63, 3.8) is 0 Å². The van der Waals surface area contributed by atoms with Crippen molar-refractivity contribution in [2.24, 2.45) is 0 Å². The van der Waals surface area contributed by atoms with Crippen molar-refractivity contribution in [2.45, 2.75) is 39.8 Å². The molecule has 0 aliphatic carbocycles. The summed E-state index contributed by atoms with van der Waals surface area (Å²) in [4.78, 5) is 17.3. The minimum absolute atomic E-state index is 0.134. The molecule has 0 saturated carbocycles. The smallest absolute Gasteiger partial charge is 0.270 e. The SMILES string of the molecule is CCc1nc2ccc(Cl)cn2c1C(=O)NCc1ccc(OC(C)C)cc1. The maximum atomic E-state index is 12.8. The second-order valence-electron chi connectivity index (χ2n) is 6.33. The van der Waals surface area contributed by atoms with Crippen LogP contribution in [0.3, 0.4) is 0 Å². The molecule has 0 atom stereocenters. The minimum Gasteiger partial charge on any atom is -0.491 e. The zero-order chi connectivity index (χ0) is 18.7. The molecule has 3 aromatic rings. The quantitative estimate of drug-likeness (QED) is 0.704. The second-order valence-corrected chi connectivity index (χ2v) is 6.77. The Hall–Kier alpha value is -2.53. The first-order valence-electron chi connectivity index (χ1n) is 8.68. The maximum Gasteiger partial charge on any atom is 0.270 e. The predicted molar refractivity (Wildman–Crippen MR) is 103 cm³/mol. The Kier molecular flexibility index (Phi) is 5.47. The summed E-state index contributed by atoms with van der Waals surface area (Å²) in [6.45, 7) is 6.38. The van der Waals surface area contributed by atoms with Gasteiger partial charge in [-0.1, -0.05) is 30.7 Å². The number of nitrogens with zero attached hydrogens (tertiary/aromatic N) is 2. The highest BCUT2D eigenvalue weighted by atomic mass is 35.5. The number of ether oxygens (including phenoxy) is 1. The van der Waals surface area contributed by atoms with Crippen molar-refractivity contribution in [1.82, 2.24) is 14.7 Å². The number of nitrogens with one attached hydrogen (secondary N) is 1. The summed E-state index contributed by atoms with van der Waals surface area (Å²) in [7, 11) is 0. The fourth-order valence-corrected chi connectivity index (χ4v) is 2.94. The van der Waals surface area contributed by atoms with Gasteiger partial charge in [-0.3, -0.25) is 9.20 Å². The number of imidazole rings is 1. The maximum absolute atomic E-state index is 12.8. The fraction of sp³-hybridized carbons (Fsp3) is 0.300. The summed E-state index contributed by atoms with van der Waals surface area (Å²) < 4.78 is 7.38. The van der Waals surface area contributed by atoms with Crippen LogP contribution in [0.15, 0.2) is 42.6 Å². The number of benzene rings is 1. The molecule has 6 heteroatoms. The zero-order valence-corrected chi connectivity index (χ0v) is 15.9. The molecule has 0 aliphatic heterocycles. The molecule has 0 fully saturated rings. The van der Waals surface area contributed by atoms with Crippen molar-refractivity contribution >= 4 is 23.2 Å². The summed E-state index contributed by atoms with van der Waals surface area (Å²) in [5.74, 6) is 0.652. The van der Waals surface area contributed by atoms with Gasteiger partial charge < -0.3 is 10.1 Å². The number of carbonyl (C=O) groups is 1. The molecule has 0 bridgehead atoms. The third-order valence-corrected chi connectivity index (χ3v) is 4.18. The number of pyridine rings is 1. The molecule has 1 amide bonds. The number of carbonyl (C=O) groups excluding carboxylic acids is 1. The number of amides is 1. The number of aromatic nitrogens is 2. The minimum atomic E-state index is -0.167. The van der Waals surface area contributed by atoms with E-state index in [-0.39, 0.29) is 12.0 Å². The topological polar surface area (TPSA) is 55.6 Å². The molecule has 26 heavy (non-hydrogen) atoms. The van der Waals surface area contributed by atoms with E-state index in [0.29, 0.717) is 29.3 Å². The average molecular weight is 372 g/mol. The Labute approximate surface area is 158 Å². The molecular weight excluding hydrogens is 350 g/mol. The van der Waals surface area contributed by atoms with Crippen LogP contribution in [0.4, 0.5) is 0 Å². The highest BCUT2D eigenvalue weighted by Crippen LogP contribution is 2.18. The molecule has 2 heterocycles. The molecular formula is C20H22ClN3O2. The van der Waals surface area contributed by atoms with Gasteiger partial charge in [0.25, 0.3) is 5.91 Å². The monoisotopic (exact) mass is 371 g/mol. The number of aryl methyl sites for hydroxylation is 1. The van der Waals surface area contributed by atoms with E-state index in [1.54, 1.807) is 16.7 Å². The number of hydrogen-bond acceptors (Lipinski definition) is 3. The van der Waals surface area contributed by atoms with Gasteiger partial charge in [-0.15, -0.1) is 0 Å². The van der Waals surface area contributed by atoms with E-state index in [2.05, 4.69) is 10.3 Å². The Balaban J connectivity index is 1.76. The van der Waals surface area contributed by atoms with Crippen LogP contribution in [0.25, 0.3) is 5.65 Å². The summed E-state index contributed by atoms with van der Waals surface area (Å²) >= 11 is 6.08. The molecule has 136 valence electrons. The third-order valence-electron chi connectivity index (χ3n) is 3.95. The lowest BCUT2D eigenvalue weighted by Gasteiger charge is -2.11. The van der Waals surface area contributed by atoms with E-state index >= 15 is 0 Å². The summed E-state index contributed by atoms with van der Waals surface area (Å²) in [5, 5.41) is 3.53. The highest BCUT2D eigenvalue weighted by molar-refractivity contribution is 6.30. The van der Waals surface area contributed by atoms with Crippen molar-refractivity contribution in [3.05, 3.63) is 64.6 Å². The van der Waals surface area contributed by atoms with Gasteiger partial charge in [-0.2, -0.15) is 0 Å². The Bertz CT molecular complexity index is 917. The Morgan fingerprint density at radius 1 is 1.23 bits per heavy atom. The van der Waals surface area contributed by atoms with Gasteiger partial charge in [-0.25, -0.2) is 4.98 Å². The predicted octanol–water partition coefficient (Wildman–Crippen LogP) is 4.27. The van der Waals surface area contributed by atoms with Crippen LogP contribution in [0.5, 0.6) is 5.75 Å². The number of hydrogen-bond donors (Lipinski definition) is 1. The molecule has 0 unspecified atom stereocenters. The lowest BCUT2D eigenvalue weighted by Crippen LogP contribution is -2.25. The molecule has 2 aromatic heterocycles. The van der Waals surface area contributed by atoms with E-state index in [1.165, 1.54) is 0 Å². The second kappa shape index (κ2) is 7.79. The molecule has 5 nitrogen and oxygen atoms in total. The molecule has 0 aliphatic rings. The first-order chi connectivity index (χ1) is 12.5. The Morgan fingerprint density at radius 2 is 1.96 bits per heavy atom. The van der Waals surface area contributed by atoms with Gasteiger partial charge in [0.2, 0.25) is 0 Å². The third kappa shape index (κ3) is 3.99. The van der Waals surface area contributed by atoms with Gasteiger partial charge in [0.1, 0.15) is 17.1 Å². The van der Waals surface area contributed by atoms with Crippen LogP contribution in [0, 0.1) is 0 Å². The van der Waals surface area contributed by atoms with Crippen molar-refractivity contribution in [1.29, 1.82) is 0 Å². The van der Waals surface area contributed by atoms with E-state index in [1.807, 2.05) is 51.1 Å². The molecule has 0 spiro atoms. The summed E-state index contributed by atoms with van der Waals surface area (Å²) in [5.41, 5.74) is 3.00. The van der Waals surface area contributed by atoms with Gasteiger partial charge >= 0.3 is 0 Å². The first-order valence-corrected chi connectivity index (χ1v) is 9.06. The molecule has 0 radical (unpaired) electrons. The zero-order valence-electron chi connectivity index (χ0n) is 15.1. The number of fused-ring (bicyclic) bond motifs is 1. The van der Waals surface area contributed by atoms with Gasteiger partial charge in [0, 0.05) is 12.7 Å². The fourth-order valence-electron chi connectivity index (χ4n) is 2.78. The van der Waals surface area contributed by atoms with Crippen molar-refractivity contribution in [3.8, 4) is 5.75 Å². The van der Waals surface area contributed by atoms with Crippen LogP contribution in [-0.2, 0) is 13.0 Å². The van der Waals surface area contributed by atoms with Crippen LogP contribution >= 0.6 is 11.6 Å². The van der Waals surface area contributed by atoms with Crippen LogP contribution in [0.2, 0.25) is 5.02 Å². The largest absolute Gasteiger partial charge is 0.491 e. The highest BCUT2D eigenvalue weighted by Gasteiger charge is 2.18. The van der Waals surface area contributed by atoms with E-state index in [0.717, 1.165) is 17.0 Å². The van der Waals surface area contributed by atoms with Crippen LogP contribution in [0.1, 0.15) is 42.5 Å². The molecule has 1 aromatic carbocycles. The van der Waals surface area contributed by atoms with E-state index < -0.39 is 0 Å². The van der Waals surface area contributed by atoms with Crippen LogP contribution < -0.4 is 10.1 Å². The number of rotatable bonds is 6. The summed E-state index contributed by atoms with van der Waals surface area (Å²) in [6.07, 6.45) is 2.52. The van der Waals surface area contributed by atoms with E-state index in [9.17, 15) is 4.79 Å². The lowest BCUT2D eigenvalue weighted by atomic mass is 10.2. The van der Waals surface area contributed by atoms with Gasteiger partial charge in [0.05, 0.1) is 16.8 Å². The first kappa shape index (κ1) is 18.3. The number of halogens is 1. The van der Waals surface area contributed by atoms with Crippen LogP contribution in [-0.4, -0.2) is 21.4 Å². The average Bonchev–Trinajstić information content (AvgIpc) is 2.98. The normalized spacial score (nSPS) is 11.1. The molecule has 1 N–H and O–H groups in total. The molecule has 0 saturated heterocycles. The van der Waals surface area contributed by atoms with Gasteiger partial charge in [-0.05, 0) is 50.1 Å². The van der Waals surface area contributed by atoms with E-state index in [4.69, 9.17) is 16.3 Å². The van der Waals surface area contributed by atoms with Gasteiger partial charge in [0.15, 0.2) is 0 Å².